The second kappa shape index (κ2) is 7.98. The summed E-state index contributed by atoms with van der Waals surface area (Å²) in [6.07, 6.45) is -4.30. The monoisotopic (exact) mass is 343 g/mol. The molecule has 1 unspecified atom stereocenters. The minimum Gasteiger partial charge on any atom is -0.353 e. The highest BCUT2D eigenvalue weighted by Crippen LogP contribution is 2.29. The fourth-order valence-electron chi connectivity index (χ4n) is 3.03. The number of nitrogens with zero attached hydrogens (tertiary/aromatic N) is 2. The molecule has 24 heavy (non-hydrogen) atoms. The van der Waals surface area contributed by atoms with Gasteiger partial charge in [-0.15, -0.1) is 0 Å². The molecule has 1 aromatic rings. The largest absolute Gasteiger partial charge is 0.416 e. The molecule has 0 aromatic heterocycles. The number of carbonyl (C=O) groups excluding carboxylic acids is 1. The van der Waals surface area contributed by atoms with Gasteiger partial charge < -0.3 is 5.32 Å². The molecule has 2 aliphatic rings. The Morgan fingerprint density at radius 2 is 1.79 bits per heavy atom. The van der Waals surface area contributed by atoms with Gasteiger partial charge in [0, 0.05) is 39.3 Å². The number of alkyl halides is 3. The van der Waals surface area contributed by atoms with Crippen molar-refractivity contribution in [1.29, 1.82) is 0 Å². The van der Waals surface area contributed by atoms with Crippen molar-refractivity contribution >= 4 is 5.91 Å². The van der Waals surface area contributed by atoms with Crippen LogP contribution in [0.15, 0.2) is 24.3 Å². The lowest BCUT2D eigenvalue weighted by molar-refractivity contribution is -0.137. The molecule has 1 amide bonds. The number of piperazine rings is 2. The van der Waals surface area contributed by atoms with Crippen LogP contribution in [0.2, 0.25) is 0 Å². The van der Waals surface area contributed by atoms with Gasteiger partial charge >= 0.3 is 6.18 Å². The molecular weight excluding hydrogens is 319 g/mol. The Kier molecular flexibility index (Phi) is 6.23. The fourth-order valence-corrected chi connectivity index (χ4v) is 3.03. The summed E-state index contributed by atoms with van der Waals surface area (Å²) in [7, 11) is 0. The normalized spacial score (nSPS) is 22.2. The van der Waals surface area contributed by atoms with Crippen LogP contribution in [0.1, 0.15) is 25.0 Å². The summed E-state index contributed by atoms with van der Waals surface area (Å²) in [5.41, 5.74) is 0.199. The molecule has 0 aliphatic carbocycles. The molecule has 0 saturated carbocycles. The van der Waals surface area contributed by atoms with E-state index in [0.717, 1.165) is 37.3 Å². The Morgan fingerprint density at radius 1 is 1.12 bits per heavy atom. The summed E-state index contributed by atoms with van der Waals surface area (Å²) in [5, 5.41) is 2.86. The topological polar surface area (TPSA) is 35.6 Å². The third kappa shape index (κ3) is 4.48. The van der Waals surface area contributed by atoms with Crippen LogP contribution < -0.4 is 5.32 Å². The van der Waals surface area contributed by atoms with E-state index in [1.807, 2.05) is 13.8 Å². The van der Waals surface area contributed by atoms with E-state index in [9.17, 15) is 18.0 Å². The molecule has 1 aromatic carbocycles. The van der Waals surface area contributed by atoms with E-state index in [0.29, 0.717) is 19.6 Å². The first-order chi connectivity index (χ1) is 11.4. The quantitative estimate of drug-likeness (QED) is 0.895. The number of hydrogen-bond acceptors (Lipinski definition) is 3. The summed E-state index contributed by atoms with van der Waals surface area (Å²) in [6, 6.07) is 5.10. The van der Waals surface area contributed by atoms with E-state index in [4.69, 9.17) is 0 Å². The number of nitrogens with one attached hydrogen (secondary N) is 1. The van der Waals surface area contributed by atoms with Crippen molar-refractivity contribution in [3.05, 3.63) is 35.4 Å². The highest BCUT2D eigenvalue weighted by molar-refractivity contribution is 5.82. The maximum atomic E-state index is 12.5. The van der Waals surface area contributed by atoms with Gasteiger partial charge in [0.2, 0.25) is 5.91 Å². The predicted molar refractivity (Wildman–Crippen MR) is 86.4 cm³/mol. The van der Waals surface area contributed by atoms with Gasteiger partial charge in [0.15, 0.2) is 0 Å². The number of carbonyl (C=O) groups is 1. The zero-order valence-corrected chi connectivity index (χ0v) is 14.1. The Hall–Kier alpha value is -1.60. The van der Waals surface area contributed by atoms with Gasteiger partial charge in [0.25, 0.3) is 0 Å². The maximum absolute atomic E-state index is 12.5. The van der Waals surface area contributed by atoms with Crippen LogP contribution in [0.5, 0.6) is 0 Å². The summed E-state index contributed by atoms with van der Waals surface area (Å²) < 4.78 is 37.6. The van der Waals surface area contributed by atoms with Crippen molar-refractivity contribution in [1.82, 2.24) is 15.1 Å². The molecule has 0 radical (unpaired) electrons. The van der Waals surface area contributed by atoms with E-state index in [2.05, 4.69) is 15.1 Å². The van der Waals surface area contributed by atoms with Crippen molar-refractivity contribution in [2.24, 2.45) is 0 Å². The van der Waals surface area contributed by atoms with Crippen molar-refractivity contribution in [3.63, 3.8) is 0 Å². The van der Waals surface area contributed by atoms with E-state index in [1.165, 1.54) is 12.1 Å². The molecule has 2 fully saturated rings. The van der Waals surface area contributed by atoms with Crippen LogP contribution in [0, 0.1) is 0 Å². The van der Waals surface area contributed by atoms with Crippen LogP contribution >= 0.6 is 0 Å². The van der Waals surface area contributed by atoms with Crippen molar-refractivity contribution in [2.75, 3.05) is 32.7 Å². The van der Waals surface area contributed by atoms with Gasteiger partial charge in [-0.1, -0.05) is 26.0 Å². The van der Waals surface area contributed by atoms with Crippen molar-refractivity contribution in [3.8, 4) is 0 Å². The lowest BCUT2D eigenvalue weighted by Crippen LogP contribution is -2.63. The average molecular weight is 343 g/mol. The van der Waals surface area contributed by atoms with Crippen LogP contribution in [-0.4, -0.2) is 54.5 Å². The zero-order chi connectivity index (χ0) is 17.7. The molecule has 4 nitrogen and oxygen atoms in total. The molecule has 1 N–H and O–H groups in total. The summed E-state index contributed by atoms with van der Waals surface area (Å²) in [5.74, 6) is 0.0448. The maximum Gasteiger partial charge on any atom is 0.416 e. The van der Waals surface area contributed by atoms with Crippen LogP contribution in [0.3, 0.4) is 0 Å². The lowest BCUT2D eigenvalue weighted by atomic mass is 10.1. The third-order valence-corrected chi connectivity index (χ3v) is 4.26. The van der Waals surface area contributed by atoms with Gasteiger partial charge in [-0.2, -0.15) is 13.2 Å². The van der Waals surface area contributed by atoms with Crippen molar-refractivity contribution < 1.29 is 18.0 Å². The second-order valence-corrected chi connectivity index (χ2v) is 5.77. The molecule has 0 spiro atoms. The second-order valence-electron chi connectivity index (χ2n) is 5.77. The molecule has 2 heterocycles. The fraction of sp³-hybridized carbons (Fsp3) is 0.588. The number of hydrogen-bond donors (Lipinski definition) is 1. The summed E-state index contributed by atoms with van der Waals surface area (Å²) >= 11 is 0. The van der Waals surface area contributed by atoms with Gasteiger partial charge in [-0.25, -0.2) is 0 Å². The minimum atomic E-state index is -4.30. The number of amides is 1. The van der Waals surface area contributed by atoms with Gasteiger partial charge in [0.05, 0.1) is 5.56 Å². The van der Waals surface area contributed by atoms with E-state index in [-0.39, 0.29) is 11.9 Å². The van der Waals surface area contributed by atoms with Crippen LogP contribution in [-0.2, 0) is 17.5 Å². The first kappa shape index (κ1) is 18.7. The number of rotatable bonds is 2. The van der Waals surface area contributed by atoms with Crippen molar-refractivity contribution in [2.45, 2.75) is 32.6 Å². The molecular formula is C17H24F3N3O. The standard InChI is InChI=1S/C15H18F3N3O.C2H6/c16-15(17,18)12-3-1-11(2-4-12)9-20-7-8-21-6-5-19-14(22)13(21)10-20;1-2/h1-4,13H,5-10H2,(H,19,22);1-2H3. The third-order valence-electron chi connectivity index (χ3n) is 4.26. The zero-order valence-electron chi connectivity index (χ0n) is 14.1. The average Bonchev–Trinajstić information content (AvgIpc) is 2.57. The number of benzene rings is 1. The molecule has 3 rings (SSSR count). The van der Waals surface area contributed by atoms with Gasteiger partial charge in [-0.3, -0.25) is 14.6 Å². The predicted octanol–water partition coefficient (Wildman–Crippen LogP) is 2.35. The summed E-state index contributed by atoms with van der Waals surface area (Å²) in [4.78, 5) is 16.2. The smallest absolute Gasteiger partial charge is 0.353 e. The Morgan fingerprint density at radius 3 is 2.42 bits per heavy atom. The van der Waals surface area contributed by atoms with E-state index >= 15 is 0 Å². The Balaban J connectivity index is 0.00000100. The molecule has 0 bridgehead atoms. The molecule has 2 aliphatic heterocycles. The number of halogens is 3. The lowest BCUT2D eigenvalue weighted by Gasteiger charge is -2.43. The van der Waals surface area contributed by atoms with Crippen LogP contribution in [0.25, 0.3) is 0 Å². The molecule has 2 saturated heterocycles. The Bertz CT molecular complexity index is 545. The molecule has 1 atom stereocenters. The number of fused-ring (bicyclic) bond motifs is 1. The summed E-state index contributed by atoms with van der Waals surface area (Å²) in [6.45, 7) is 8.38. The van der Waals surface area contributed by atoms with E-state index < -0.39 is 11.7 Å². The van der Waals surface area contributed by atoms with Gasteiger partial charge in [-0.05, 0) is 17.7 Å². The van der Waals surface area contributed by atoms with Gasteiger partial charge in [0.1, 0.15) is 6.04 Å². The molecule has 134 valence electrons. The Labute approximate surface area is 140 Å². The minimum absolute atomic E-state index is 0.0448. The van der Waals surface area contributed by atoms with E-state index in [1.54, 1.807) is 0 Å². The molecule has 7 heteroatoms. The first-order valence-electron chi connectivity index (χ1n) is 8.34. The highest BCUT2D eigenvalue weighted by Gasteiger charge is 2.34. The first-order valence-corrected chi connectivity index (χ1v) is 8.34. The highest BCUT2D eigenvalue weighted by atomic mass is 19.4. The SMILES string of the molecule is CC.O=C1NCCN2CCN(Cc3ccc(C(F)(F)F)cc3)CC12. The van der Waals surface area contributed by atoms with Crippen LogP contribution in [0.4, 0.5) is 13.2 Å².